The molecule has 1 aliphatic rings. The topological polar surface area (TPSA) is 50.4 Å². The minimum absolute atomic E-state index is 0.0287. The molecule has 0 spiro atoms. The highest BCUT2D eigenvalue weighted by Gasteiger charge is 2.26. The molecule has 4 heteroatoms. The van der Waals surface area contributed by atoms with Crippen LogP contribution in [0, 0.1) is 0 Å². The number of ether oxygens (including phenoxy) is 1. The zero-order chi connectivity index (χ0) is 20.8. The zero-order valence-corrected chi connectivity index (χ0v) is 17.3. The third-order valence-electron chi connectivity index (χ3n) is 5.75. The molecule has 4 rings (SSSR count). The zero-order valence-electron chi connectivity index (χ0n) is 17.3. The Bertz CT molecular complexity index is 973. The van der Waals surface area contributed by atoms with Crippen molar-refractivity contribution in [3.05, 3.63) is 101 Å². The molecule has 1 aliphatic heterocycles. The molecule has 0 saturated carbocycles. The Kier molecular flexibility index (Phi) is 6.57. The van der Waals surface area contributed by atoms with Gasteiger partial charge in [-0.15, -0.1) is 0 Å². The maximum absolute atomic E-state index is 12.9. The van der Waals surface area contributed by atoms with Crippen molar-refractivity contribution in [3.63, 3.8) is 0 Å². The lowest BCUT2D eigenvalue weighted by molar-refractivity contribution is 0.103. The molecular formula is C26H28N2O2. The molecule has 0 aliphatic carbocycles. The second-order valence-corrected chi connectivity index (χ2v) is 7.69. The third kappa shape index (κ3) is 4.61. The number of benzene rings is 3. The van der Waals surface area contributed by atoms with E-state index in [9.17, 15) is 4.79 Å². The van der Waals surface area contributed by atoms with Gasteiger partial charge in [0.2, 0.25) is 0 Å². The molecule has 3 aromatic carbocycles. The second-order valence-electron chi connectivity index (χ2n) is 7.69. The largest absolute Gasteiger partial charge is 0.496 e. The van der Waals surface area contributed by atoms with Crippen LogP contribution in [0.5, 0.6) is 5.75 Å². The van der Waals surface area contributed by atoms with Crippen LogP contribution in [0.1, 0.15) is 45.9 Å². The van der Waals surface area contributed by atoms with Crippen LogP contribution < -0.4 is 15.4 Å². The van der Waals surface area contributed by atoms with Gasteiger partial charge in [-0.25, -0.2) is 0 Å². The number of carbonyl (C=O) groups is 1. The average molecular weight is 401 g/mol. The van der Waals surface area contributed by atoms with Crippen LogP contribution in [-0.2, 0) is 6.54 Å². The van der Waals surface area contributed by atoms with Gasteiger partial charge in [-0.05, 0) is 43.1 Å². The Morgan fingerprint density at radius 3 is 2.47 bits per heavy atom. The first kappa shape index (κ1) is 20.3. The van der Waals surface area contributed by atoms with Gasteiger partial charge in [0.25, 0.3) is 0 Å². The summed E-state index contributed by atoms with van der Waals surface area (Å²) in [5.74, 6) is 0.827. The van der Waals surface area contributed by atoms with Crippen LogP contribution in [0.4, 0.5) is 0 Å². The van der Waals surface area contributed by atoms with Gasteiger partial charge in [-0.2, -0.15) is 0 Å². The highest BCUT2D eigenvalue weighted by Crippen LogP contribution is 2.26. The Morgan fingerprint density at radius 2 is 1.73 bits per heavy atom. The van der Waals surface area contributed by atoms with Gasteiger partial charge >= 0.3 is 0 Å². The summed E-state index contributed by atoms with van der Waals surface area (Å²) in [4.78, 5) is 12.9. The number of nitrogens with one attached hydrogen (secondary N) is 2. The van der Waals surface area contributed by atoms with E-state index in [0.717, 1.165) is 30.7 Å². The van der Waals surface area contributed by atoms with E-state index >= 15 is 0 Å². The number of hydrogen-bond donors (Lipinski definition) is 2. The maximum Gasteiger partial charge on any atom is 0.193 e. The predicted octanol–water partition coefficient (Wildman–Crippen LogP) is 4.51. The van der Waals surface area contributed by atoms with Gasteiger partial charge in [-0.1, -0.05) is 60.7 Å². The van der Waals surface area contributed by atoms with Gasteiger partial charge in [0.15, 0.2) is 5.78 Å². The van der Waals surface area contributed by atoms with Gasteiger partial charge in [0, 0.05) is 35.3 Å². The van der Waals surface area contributed by atoms with Crippen molar-refractivity contribution in [1.82, 2.24) is 10.6 Å². The Morgan fingerprint density at radius 1 is 1.00 bits per heavy atom. The van der Waals surface area contributed by atoms with Gasteiger partial charge in [0.05, 0.1) is 7.11 Å². The van der Waals surface area contributed by atoms with E-state index in [1.54, 1.807) is 7.11 Å². The smallest absolute Gasteiger partial charge is 0.193 e. The first-order valence-electron chi connectivity index (χ1n) is 10.5. The Labute approximate surface area is 178 Å². The summed E-state index contributed by atoms with van der Waals surface area (Å²) >= 11 is 0. The van der Waals surface area contributed by atoms with Crippen molar-refractivity contribution in [2.75, 3.05) is 13.7 Å². The SMILES string of the molecule is COc1ccc(C(=O)c2ccccc2)cc1CN[C@H]1CCCN[C@H]1c1ccccc1. The molecule has 3 aromatic rings. The normalized spacial score (nSPS) is 18.7. The molecule has 154 valence electrons. The molecule has 1 saturated heterocycles. The lowest BCUT2D eigenvalue weighted by Gasteiger charge is -2.34. The van der Waals surface area contributed by atoms with Crippen LogP contribution in [-0.4, -0.2) is 25.5 Å². The van der Waals surface area contributed by atoms with E-state index < -0.39 is 0 Å². The summed E-state index contributed by atoms with van der Waals surface area (Å²) in [6.45, 7) is 1.68. The van der Waals surface area contributed by atoms with Gasteiger partial charge in [-0.3, -0.25) is 4.79 Å². The van der Waals surface area contributed by atoms with Crippen molar-refractivity contribution in [3.8, 4) is 5.75 Å². The van der Waals surface area contributed by atoms with E-state index in [-0.39, 0.29) is 11.8 Å². The fraction of sp³-hybridized carbons (Fsp3) is 0.269. The number of methoxy groups -OCH3 is 1. The van der Waals surface area contributed by atoms with Gasteiger partial charge < -0.3 is 15.4 Å². The second kappa shape index (κ2) is 9.70. The molecule has 0 aromatic heterocycles. The van der Waals surface area contributed by atoms with Crippen LogP contribution in [0.2, 0.25) is 0 Å². The van der Waals surface area contributed by atoms with Crippen LogP contribution in [0.3, 0.4) is 0 Å². The maximum atomic E-state index is 12.9. The molecule has 1 heterocycles. The lowest BCUT2D eigenvalue weighted by atomic mass is 9.92. The van der Waals surface area contributed by atoms with E-state index in [2.05, 4.69) is 41.0 Å². The van der Waals surface area contributed by atoms with Gasteiger partial charge in [0.1, 0.15) is 5.75 Å². The van der Waals surface area contributed by atoms with Crippen molar-refractivity contribution < 1.29 is 9.53 Å². The fourth-order valence-corrected chi connectivity index (χ4v) is 4.17. The molecule has 2 N–H and O–H groups in total. The van der Waals surface area contributed by atoms with Crippen molar-refractivity contribution in [2.45, 2.75) is 31.5 Å². The van der Waals surface area contributed by atoms with E-state index in [1.807, 2.05) is 48.5 Å². The first-order chi connectivity index (χ1) is 14.8. The fourth-order valence-electron chi connectivity index (χ4n) is 4.17. The summed E-state index contributed by atoms with van der Waals surface area (Å²) in [7, 11) is 1.67. The van der Waals surface area contributed by atoms with Crippen LogP contribution in [0.25, 0.3) is 0 Å². The summed E-state index contributed by atoms with van der Waals surface area (Å²) in [6, 6.07) is 26.3. The minimum atomic E-state index is 0.0287. The first-order valence-corrected chi connectivity index (χ1v) is 10.5. The molecule has 0 bridgehead atoms. The monoisotopic (exact) mass is 400 g/mol. The molecule has 0 unspecified atom stereocenters. The standard InChI is InChI=1S/C26H28N2O2/c1-30-24-15-14-21(26(29)20-11-6-3-7-12-20)17-22(24)18-28-23-13-8-16-27-25(23)19-9-4-2-5-10-19/h2-7,9-12,14-15,17,23,25,27-28H,8,13,16,18H2,1H3/t23-,25-/m0/s1. The molecule has 0 radical (unpaired) electrons. The molecule has 30 heavy (non-hydrogen) atoms. The number of ketones is 1. The number of piperidine rings is 1. The highest BCUT2D eigenvalue weighted by atomic mass is 16.5. The third-order valence-corrected chi connectivity index (χ3v) is 5.75. The quantitative estimate of drug-likeness (QED) is 0.573. The van der Waals surface area contributed by atoms with E-state index in [1.165, 1.54) is 5.56 Å². The Balaban J connectivity index is 1.52. The molecule has 4 nitrogen and oxygen atoms in total. The average Bonchev–Trinajstić information content (AvgIpc) is 2.83. The predicted molar refractivity (Wildman–Crippen MR) is 120 cm³/mol. The number of carbonyl (C=O) groups excluding carboxylic acids is 1. The summed E-state index contributed by atoms with van der Waals surface area (Å²) < 4.78 is 5.57. The Hall–Kier alpha value is -2.95. The summed E-state index contributed by atoms with van der Waals surface area (Å²) in [6.07, 6.45) is 2.25. The van der Waals surface area contributed by atoms with E-state index in [0.29, 0.717) is 23.7 Å². The van der Waals surface area contributed by atoms with Crippen LogP contribution >= 0.6 is 0 Å². The molecular weight excluding hydrogens is 372 g/mol. The van der Waals surface area contributed by atoms with Crippen molar-refractivity contribution in [1.29, 1.82) is 0 Å². The number of rotatable bonds is 7. The van der Waals surface area contributed by atoms with E-state index in [4.69, 9.17) is 4.74 Å². The molecule has 2 atom stereocenters. The molecule has 0 amide bonds. The summed E-state index contributed by atoms with van der Waals surface area (Å²) in [5, 5.41) is 7.37. The van der Waals surface area contributed by atoms with Crippen molar-refractivity contribution in [2.24, 2.45) is 0 Å². The van der Waals surface area contributed by atoms with Crippen molar-refractivity contribution >= 4 is 5.78 Å². The highest BCUT2D eigenvalue weighted by molar-refractivity contribution is 6.09. The number of hydrogen-bond acceptors (Lipinski definition) is 4. The lowest BCUT2D eigenvalue weighted by Crippen LogP contribution is -2.45. The van der Waals surface area contributed by atoms with Crippen LogP contribution in [0.15, 0.2) is 78.9 Å². The minimum Gasteiger partial charge on any atom is -0.496 e. The summed E-state index contributed by atoms with van der Waals surface area (Å²) in [5.41, 5.74) is 3.67. The molecule has 1 fully saturated rings.